The lowest BCUT2D eigenvalue weighted by Gasteiger charge is -2.35. The molecule has 0 radical (unpaired) electrons. The third-order valence-electron chi connectivity index (χ3n) is 3.24. The Labute approximate surface area is 80.0 Å². The minimum Gasteiger partial charge on any atom is -0.469 e. The normalized spacial score (nSPS) is 33.8. The molecule has 2 unspecified atom stereocenters. The Morgan fingerprint density at radius 1 is 1.69 bits per heavy atom. The Bertz CT molecular complexity index is 242. The molecule has 74 valence electrons. The van der Waals surface area contributed by atoms with Crippen LogP contribution in [0.2, 0.25) is 0 Å². The van der Waals surface area contributed by atoms with E-state index in [1.807, 2.05) is 6.92 Å². The maximum atomic E-state index is 11.6. The van der Waals surface area contributed by atoms with Crippen molar-refractivity contribution in [3.8, 4) is 0 Å². The van der Waals surface area contributed by atoms with Gasteiger partial charge in [0.2, 0.25) is 0 Å². The van der Waals surface area contributed by atoms with Gasteiger partial charge in [-0.3, -0.25) is 4.79 Å². The quantitative estimate of drug-likeness (QED) is 0.460. The van der Waals surface area contributed by atoms with E-state index in [0.717, 1.165) is 12.8 Å². The molecule has 0 bridgehead atoms. The molecule has 2 heteroatoms. The fourth-order valence-corrected chi connectivity index (χ4v) is 1.90. The molecule has 0 fully saturated rings. The van der Waals surface area contributed by atoms with Crippen LogP contribution >= 0.6 is 0 Å². The molecule has 13 heavy (non-hydrogen) atoms. The van der Waals surface area contributed by atoms with Crippen LogP contribution in [0.5, 0.6) is 0 Å². The second-order valence-corrected chi connectivity index (χ2v) is 4.27. The number of hydrogen-bond acceptors (Lipinski definition) is 2. The zero-order valence-electron chi connectivity index (χ0n) is 8.89. The Morgan fingerprint density at radius 3 is 2.77 bits per heavy atom. The summed E-state index contributed by atoms with van der Waals surface area (Å²) in [6.45, 7) is 6.23. The Morgan fingerprint density at radius 2 is 2.31 bits per heavy atom. The van der Waals surface area contributed by atoms with Gasteiger partial charge < -0.3 is 4.74 Å². The maximum absolute atomic E-state index is 11.6. The Hall–Kier alpha value is -0.790. The van der Waals surface area contributed by atoms with Crippen molar-refractivity contribution in [2.45, 2.75) is 33.6 Å². The average molecular weight is 182 g/mol. The van der Waals surface area contributed by atoms with Gasteiger partial charge in [0.05, 0.1) is 12.5 Å². The SMILES string of the molecule is COC(=O)C1(C)CC=C(C)CC1C. The summed E-state index contributed by atoms with van der Waals surface area (Å²) in [5.74, 6) is 0.300. The first-order valence-corrected chi connectivity index (χ1v) is 4.74. The molecular weight excluding hydrogens is 164 g/mol. The third-order valence-corrected chi connectivity index (χ3v) is 3.24. The highest BCUT2D eigenvalue weighted by Crippen LogP contribution is 2.40. The molecule has 0 aromatic carbocycles. The van der Waals surface area contributed by atoms with E-state index in [1.165, 1.54) is 12.7 Å². The fraction of sp³-hybridized carbons (Fsp3) is 0.727. The van der Waals surface area contributed by atoms with Crippen molar-refractivity contribution in [3.63, 3.8) is 0 Å². The summed E-state index contributed by atoms with van der Waals surface area (Å²) < 4.78 is 4.83. The molecule has 2 atom stereocenters. The zero-order valence-corrected chi connectivity index (χ0v) is 8.89. The van der Waals surface area contributed by atoms with Crippen LogP contribution in [0, 0.1) is 11.3 Å². The van der Waals surface area contributed by atoms with Crippen molar-refractivity contribution in [1.82, 2.24) is 0 Å². The summed E-state index contributed by atoms with van der Waals surface area (Å²) in [7, 11) is 1.46. The zero-order chi connectivity index (χ0) is 10.1. The molecule has 0 aliphatic heterocycles. The summed E-state index contributed by atoms with van der Waals surface area (Å²) in [5, 5.41) is 0. The van der Waals surface area contributed by atoms with E-state index >= 15 is 0 Å². The number of carbonyl (C=O) groups excluding carboxylic acids is 1. The third kappa shape index (κ3) is 1.77. The summed E-state index contributed by atoms with van der Waals surface area (Å²) in [6.07, 6.45) is 3.97. The lowest BCUT2D eigenvalue weighted by atomic mass is 9.69. The molecule has 2 nitrogen and oxygen atoms in total. The van der Waals surface area contributed by atoms with Crippen LogP contribution in [-0.2, 0) is 9.53 Å². The van der Waals surface area contributed by atoms with Crippen LogP contribution in [-0.4, -0.2) is 13.1 Å². The second kappa shape index (κ2) is 3.52. The van der Waals surface area contributed by atoms with Crippen molar-refractivity contribution in [2.24, 2.45) is 11.3 Å². The molecule has 0 amide bonds. The van der Waals surface area contributed by atoms with Crippen molar-refractivity contribution in [2.75, 3.05) is 7.11 Å². The van der Waals surface area contributed by atoms with Gasteiger partial charge in [0, 0.05) is 0 Å². The van der Waals surface area contributed by atoms with E-state index < -0.39 is 0 Å². The molecule has 0 aromatic heterocycles. The first-order chi connectivity index (χ1) is 6.00. The minimum atomic E-state index is -0.311. The highest BCUT2D eigenvalue weighted by Gasteiger charge is 2.40. The number of rotatable bonds is 1. The first-order valence-electron chi connectivity index (χ1n) is 4.74. The van der Waals surface area contributed by atoms with Crippen molar-refractivity contribution in [3.05, 3.63) is 11.6 Å². The van der Waals surface area contributed by atoms with Gasteiger partial charge >= 0.3 is 5.97 Å². The van der Waals surface area contributed by atoms with Crippen molar-refractivity contribution >= 4 is 5.97 Å². The molecule has 0 saturated heterocycles. The van der Waals surface area contributed by atoms with Crippen LogP contribution in [0.25, 0.3) is 0 Å². The van der Waals surface area contributed by atoms with Crippen LogP contribution in [0.15, 0.2) is 11.6 Å². The summed E-state index contributed by atoms with van der Waals surface area (Å²) in [6, 6.07) is 0. The number of hydrogen-bond donors (Lipinski definition) is 0. The highest BCUT2D eigenvalue weighted by molar-refractivity contribution is 5.77. The van der Waals surface area contributed by atoms with E-state index in [1.54, 1.807) is 0 Å². The number of methoxy groups -OCH3 is 1. The molecule has 0 aromatic rings. The highest BCUT2D eigenvalue weighted by atomic mass is 16.5. The van der Waals surface area contributed by atoms with Gasteiger partial charge in [-0.25, -0.2) is 0 Å². The largest absolute Gasteiger partial charge is 0.469 e. The van der Waals surface area contributed by atoms with Gasteiger partial charge in [-0.15, -0.1) is 0 Å². The molecule has 1 aliphatic carbocycles. The number of carbonyl (C=O) groups is 1. The minimum absolute atomic E-state index is 0.0799. The summed E-state index contributed by atoms with van der Waals surface area (Å²) in [5.41, 5.74) is 1.07. The maximum Gasteiger partial charge on any atom is 0.312 e. The van der Waals surface area contributed by atoms with Gasteiger partial charge in [0.1, 0.15) is 0 Å². The van der Waals surface area contributed by atoms with Gasteiger partial charge in [0.15, 0.2) is 0 Å². The molecule has 0 N–H and O–H groups in total. The van der Waals surface area contributed by atoms with E-state index in [9.17, 15) is 4.79 Å². The number of esters is 1. The van der Waals surface area contributed by atoms with Gasteiger partial charge in [-0.1, -0.05) is 18.6 Å². The van der Waals surface area contributed by atoms with Crippen LogP contribution in [0.1, 0.15) is 33.6 Å². The van der Waals surface area contributed by atoms with Gasteiger partial charge in [-0.2, -0.15) is 0 Å². The molecule has 0 saturated carbocycles. The van der Waals surface area contributed by atoms with Crippen molar-refractivity contribution in [1.29, 1.82) is 0 Å². The van der Waals surface area contributed by atoms with E-state index in [4.69, 9.17) is 4.74 Å². The predicted molar refractivity (Wildman–Crippen MR) is 52.3 cm³/mol. The molecular formula is C11H18O2. The smallest absolute Gasteiger partial charge is 0.312 e. The molecule has 1 rings (SSSR count). The fourth-order valence-electron chi connectivity index (χ4n) is 1.90. The van der Waals surface area contributed by atoms with E-state index in [2.05, 4.69) is 19.9 Å². The predicted octanol–water partition coefficient (Wildman–Crippen LogP) is 2.54. The van der Waals surface area contributed by atoms with Crippen LogP contribution < -0.4 is 0 Å². The molecule has 1 aliphatic rings. The monoisotopic (exact) mass is 182 g/mol. The standard InChI is InChI=1S/C11H18O2/c1-8-5-6-11(3,9(2)7-8)10(12)13-4/h5,9H,6-7H2,1-4H3. The lowest BCUT2D eigenvalue weighted by molar-refractivity contribution is -0.155. The van der Waals surface area contributed by atoms with Crippen LogP contribution in [0.3, 0.4) is 0 Å². The lowest BCUT2D eigenvalue weighted by Crippen LogP contribution is -2.37. The van der Waals surface area contributed by atoms with E-state index in [0.29, 0.717) is 5.92 Å². The average Bonchev–Trinajstić information content (AvgIpc) is 2.11. The van der Waals surface area contributed by atoms with Gasteiger partial charge in [-0.05, 0) is 32.6 Å². The summed E-state index contributed by atoms with van der Waals surface area (Å²) >= 11 is 0. The van der Waals surface area contributed by atoms with Crippen LogP contribution in [0.4, 0.5) is 0 Å². The number of ether oxygens (including phenoxy) is 1. The Kier molecular flexibility index (Phi) is 2.79. The Balaban J connectivity index is 2.86. The van der Waals surface area contributed by atoms with E-state index in [-0.39, 0.29) is 11.4 Å². The summed E-state index contributed by atoms with van der Waals surface area (Å²) in [4.78, 5) is 11.6. The number of allylic oxidation sites excluding steroid dienone is 2. The molecule has 0 spiro atoms. The second-order valence-electron chi connectivity index (χ2n) is 4.27. The van der Waals surface area contributed by atoms with Gasteiger partial charge in [0.25, 0.3) is 0 Å². The first kappa shape index (κ1) is 10.3. The molecule has 0 heterocycles. The topological polar surface area (TPSA) is 26.3 Å². The van der Waals surface area contributed by atoms with Crippen molar-refractivity contribution < 1.29 is 9.53 Å².